The molecule has 0 fully saturated rings. The number of fused-ring (bicyclic) bond motifs is 1. The molecule has 0 spiro atoms. The zero-order valence-corrected chi connectivity index (χ0v) is 17.3. The minimum atomic E-state index is -4.50. The number of anilines is 1. The van der Waals surface area contributed by atoms with E-state index in [0.717, 1.165) is 15.1 Å². The van der Waals surface area contributed by atoms with Crippen LogP contribution < -0.4 is 10.6 Å². The molecule has 2 aromatic heterocycles. The van der Waals surface area contributed by atoms with Gasteiger partial charge in [0.15, 0.2) is 11.7 Å². The molecule has 2 N–H and O–H groups in total. The maximum atomic E-state index is 13.8. The van der Waals surface area contributed by atoms with E-state index in [1.54, 1.807) is 24.3 Å². The topological polar surface area (TPSA) is 59.0 Å². The van der Waals surface area contributed by atoms with Gasteiger partial charge in [-0.25, -0.2) is 4.68 Å². The first-order valence-corrected chi connectivity index (χ1v) is 10.5. The Hall–Kier alpha value is -2.33. The maximum Gasteiger partial charge on any atom is 0.410 e. The summed E-state index contributed by atoms with van der Waals surface area (Å²) in [6, 6.07) is 10.3. The van der Waals surface area contributed by atoms with Gasteiger partial charge in [0.1, 0.15) is 5.82 Å². The highest BCUT2D eigenvalue weighted by Crippen LogP contribution is 2.46. The summed E-state index contributed by atoms with van der Waals surface area (Å²) >= 11 is 4.76. The number of halogens is 4. The first-order valence-electron chi connectivity index (χ1n) is 8.81. The third kappa shape index (κ3) is 4.04. The van der Waals surface area contributed by atoms with E-state index in [2.05, 4.69) is 31.7 Å². The summed E-state index contributed by atoms with van der Waals surface area (Å²) in [5, 5.41) is 11.7. The summed E-state index contributed by atoms with van der Waals surface area (Å²) in [6.45, 7) is 0.286. The molecule has 0 radical (unpaired) electrons. The van der Waals surface area contributed by atoms with E-state index in [1.165, 1.54) is 11.3 Å². The van der Waals surface area contributed by atoms with Crippen molar-refractivity contribution < 1.29 is 18.0 Å². The molecular weight excluding hydrogens is 469 g/mol. The van der Waals surface area contributed by atoms with Crippen LogP contribution in [-0.4, -0.2) is 21.9 Å². The van der Waals surface area contributed by atoms with Gasteiger partial charge in [-0.15, -0.1) is 11.3 Å². The fourth-order valence-corrected chi connectivity index (χ4v) is 4.50. The van der Waals surface area contributed by atoms with Gasteiger partial charge in [-0.2, -0.15) is 18.3 Å². The Balaban J connectivity index is 1.65. The molecule has 3 heterocycles. The molecule has 0 saturated carbocycles. The number of hydrogen-bond acceptors (Lipinski definition) is 4. The number of hydrogen-bond donors (Lipinski definition) is 2. The van der Waals surface area contributed by atoms with Crippen LogP contribution in [0, 0.1) is 0 Å². The average Bonchev–Trinajstić information content (AvgIpc) is 3.33. The molecule has 29 heavy (non-hydrogen) atoms. The van der Waals surface area contributed by atoms with Crippen LogP contribution >= 0.6 is 27.3 Å². The van der Waals surface area contributed by atoms with Crippen LogP contribution in [0.5, 0.6) is 0 Å². The Kier molecular flexibility index (Phi) is 5.39. The van der Waals surface area contributed by atoms with Crippen LogP contribution in [-0.2, 0) is 6.54 Å². The second-order valence-electron chi connectivity index (χ2n) is 6.62. The first-order chi connectivity index (χ1) is 13.8. The van der Waals surface area contributed by atoms with Crippen LogP contribution in [0.15, 0.2) is 52.3 Å². The van der Waals surface area contributed by atoms with Crippen molar-refractivity contribution in [3.63, 3.8) is 0 Å². The number of amides is 1. The molecule has 3 aromatic rings. The van der Waals surface area contributed by atoms with Crippen LogP contribution in [0.1, 0.15) is 39.4 Å². The molecule has 5 nitrogen and oxygen atoms in total. The summed E-state index contributed by atoms with van der Waals surface area (Å²) in [5.74, 6) is -0.389. The quantitative estimate of drug-likeness (QED) is 0.528. The third-order valence-corrected chi connectivity index (χ3v) is 6.34. The molecule has 10 heteroatoms. The van der Waals surface area contributed by atoms with Gasteiger partial charge in [0.05, 0.1) is 17.1 Å². The summed E-state index contributed by atoms with van der Waals surface area (Å²) in [5.41, 5.74) is 0.664. The standard InChI is InChI=1S/C19H16BrF3N4OS/c20-15-16(18(28)24-10-12-7-4-8-29-12)26-27-14(19(21,22)23)9-13(25-17(15)27)11-5-2-1-3-6-11/h1-8,13-14,25H,9-10H2,(H,24,28)/t13-,14-/m0/s1. The lowest BCUT2D eigenvalue weighted by Gasteiger charge is -2.33. The van der Waals surface area contributed by atoms with Crippen molar-refractivity contribution in [3.8, 4) is 0 Å². The van der Waals surface area contributed by atoms with Crippen LogP contribution in [0.25, 0.3) is 0 Å². The zero-order chi connectivity index (χ0) is 20.6. The summed E-state index contributed by atoms with van der Waals surface area (Å²) in [6.07, 6.45) is -4.72. The van der Waals surface area contributed by atoms with Crippen molar-refractivity contribution >= 4 is 39.0 Å². The molecular formula is C19H16BrF3N4OS. The molecule has 0 aliphatic carbocycles. The predicted molar refractivity (Wildman–Crippen MR) is 108 cm³/mol. The van der Waals surface area contributed by atoms with E-state index in [0.29, 0.717) is 0 Å². The maximum absolute atomic E-state index is 13.8. The van der Waals surface area contributed by atoms with E-state index < -0.39 is 24.2 Å². The molecule has 4 rings (SSSR count). The highest BCUT2D eigenvalue weighted by atomic mass is 79.9. The summed E-state index contributed by atoms with van der Waals surface area (Å²) in [4.78, 5) is 13.5. The lowest BCUT2D eigenvalue weighted by Crippen LogP contribution is -2.35. The molecule has 1 aliphatic rings. The molecule has 0 saturated heterocycles. The number of thiophene rings is 1. The molecule has 0 unspecified atom stereocenters. The van der Waals surface area contributed by atoms with Crippen molar-refractivity contribution in [2.75, 3.05) is 5.32 Å². The number of carbonyl (C=O) groups excluding carboxylic acids is 1. The van der Waals surface area contributed by atoms with E-state index in [9.17, 15) is 18.0 Å². The Morgan fingerprint density at radius 3 is 2.69 bits per heavy atom. The number of benzene rings is 1. The monoisotopic (exact) mass is 484 g/mol. The number of rotatable bonds is 4. The average molecular weight is 485 g/mol. The highest BCUT2D eigenvalue weighted by molar-refractivity contribution is 9.10. The first kappa shape index (κ1) is 20.0. The number of nitrogens with one attached hydrogen (secondary N) is 2. The Labute approximate surface area is 177 Å². The molecule has 152 valence electrons. The molecule has 1 aromatic carbocycles. The second kappa shape index (κ2) is 7.83. The number of aromatic nitrogens is 2. The summed E-state index contributed by atoms with van der Waals surface area (Å²) in [7, 11) is 0. The van der Waals surface area contributed by atoms with E-state index in [4.69, 9.17) is 0 Å². The molecule has 1 aliphatic heterocycles. The number of alkyl halides is 3. The molecule has 0 bridgehead atoms. The van der Waals surface area contributed by atoms with E-state index in [-0.39, 0.29) is 29.0 Å². The second-order valence-corrected chi connectivity index (χ2v) is 8.44. The van der Waals surface area contributed by atoms with E-state index in [1.807, 2.05) is 23.6 Å². The van der Waals surface area contributed by atoms with Gasteiger partial charge in [0.2, 0.25) is 0 Å². The Bertz CT molecular complexity index is 1000. The van der Waals surface area contributed by atoms with Gasteiger partial charge in [-0.05, 0) is 32.9 Å². The van der Waals surface area contributed by atoms with Crippen molar-refractivity contribution in [2.45, 2.75) is 31.2 Å². The highest BCUT2D eigenvalue weighted by Gasteiger charge is 2.47. The largest absolute Gasteiger partial charge is 0.410 e. The lowest BCUT2D eigenvalue weighted by atomic mass is 9.97. The predicted octanol–water partition coefficient (Wildman–Crippen LogP) is 5.30. The van der Waals surface area contributed by atoms with Gasteiger partial charge in [-0.3, -0.25) is 4.79 Å². The zero-order valence-electron chi connectivity index (χ0n) is 14.9. The lowest BCUT2D eigenvalue weighted by molar-refractivity contribution is -0.173. The minimum Gasteiger partial charge on any atom is -0.362 e. The van der Waals surface area contributed by atoms with Crippen molar-refractivity contribution in [1.82, 2.24) is 15.1 Å². The minimum absolute atomic E-state index is 0.0768. The van der Waals surface area contributed by atoms with Crippen molar-refractivity contribution in [1.29, 1.82) is 0 Å². The van der Waals surface area contributed by atoms with Gasteiger partial charge in [0, 0.05) is 11.3 Å². The molecule has 1 amide bonds. The Morgan fingerprint density at radius 1 is 1.28 bits per heavy atom. The van der Waals surface area contributed by atoms with Crippen LogP contribution in [0.3, 0.4) is 0 Å². The van der Waals surface area contributed by atoms with Gasteiger partial charge in [-0.1, -0.05) is 36.4 Å². The fourth-order valence-electron chi connectivity index (χ4n) is 3.30. The normalized spacial score (nSPS) is 18.8. The van der Waals surface area contributed by atoms with Crippen LogP contribution in [0.2, 0.25) is 0 Å². The molecule has 2 atom stereocenters. The number of carbonyl (C=O) groups is 1. The van der Waals surface area contributed by atoms with Crippen molar-refractivity contribution in [3.05, 3.63) is 68.5 Å². The third-order valence-electron chi connectivity index (χ3n) is 4.72. The van der Waals surface area contributed by atoms with Crippen molar-refractivity contribution in [2.24, 2.45) is 0 Å². The fraction of sp³-hybridized carbons (Fsp3) is 0.263. The van der Waals surface area contributed by atoms with Gasteiger partial charge in [0.25, 0.3) is 5.91 Å². The SMILES string of the molecule is O=C(NCc1cccs1)c1nn2c(c1Br)N[C@H](c1ccccc1)C[C@H]2C(F)(F)F. The number of nitrogens with zero attached hydrogens (tertiary/aromatic N) is 2. The smallest absolute Gasteiger partial charge is 0.362 e. The van der Waals surface area contributed by atoms with Gasteiger partial charge < -0.3 is 10.6 Å². The van der Waals surface area contributed by atoms with Crippen LogP contribution in [0.4, 0.5) is 19.0 Å². The Morgan fingerprint density at radius 2 is 2.03 bits per heavy atom. The van der Waals surface area contributed by atoms with Gasteiger partial charge >= 0.3 is 6.18 Å². The summed E-state index contributed by atoms with van der Waals surface area (Å²) < 4.78 is 42.4. The van der Waals surface area contributed by atoms with E-state index >= 15 is 0 Å².